The van der Waals surface area contributed by atoms with Crippen LogP contribution in [-0.2, 0) is 0 Å². The number of halogens is 1. The zero-order chi connectivity index (χ0) is 11.8. The molecule has 17 heavy (non-hydrogen) atoms. The van der Waals surface area contributed by atoms with Gasteiger partial charge < -0.3 is 9.84 Å². The summed E-state index contributed by atoms with van der Waals surface area (Å²) >= 11 is 0. The van der Waals surface area contributed by atoms with E-state index in [-0.39, 0.29) is 11.9 Å². The predicted octanol–water partition coefficient (Wildman–Crippen LogP) is 2.22. The number of hydrogen-bond donors (Lipinski definition) is 1. The van der Waals surface area contributed by atoms with E-state index in [1.807, 2.05) is 0 Å². The molecule has 0 saturated carbocycles. The fourth-order valence-corrected chi connectivity index (χ4v) is 1.78. The normalized spacial score (nSPS) is 19.1. The van der Waals surface area contributed by atoms with Gasteiger partial charge >= 0.3 is 0 Å². The number of benzene rings is 1. The summed E-state index contributed by atoms with van der Waals surface area (Å²) in [6.07, 6.45) is 1.02. The third-order valence-electron chi connectivity index (χ3n) is 2.98. The second kappa shape index (κ2) is 3.92. The van der Waals surface area contributed by atoms with Crippen molar-refractivity contribution in [2.24, 2.45) is 0 Å². The summed E-state index contributed by atoms with van der Waals surface area (Å²) in [4.78, 5) is 4.31. The monoisotopic (exact) mass is 233 g/mol. The molecule has 4 nitrogen and oxygen atoms in total. The molecule has 1 N–H and O–H groups in total. The summed E-state index contributed by atoms with van der Waals surface area (Å²) in [6, 6.07) is 4.98. The summed E-state index contributed by atoms with van der Waals surface area (Å²) < 4.78 is 18.3. The molecule has 1 aliphatic heterocycles. The van der Waals surface area contributed by atoms with Gasteiger partial charge in [-0.3, -0.25) is 0 Å². The molecule has 1 atom stereocenters. The Bertz CT molecular complexity index is 548. The fraction of sp³-hybridized carbons (Fsp3) is 0.333. The lowest BCUT2D eigenvalue weighted by molar-refractivity contribution is 0.273. The molecule has 2 aromatic rings. The van der Waals surface area contributed by atoms with Gasteiger partial charge in [-0.1, -0.05) is 5.16 Å². The minimum absolute atomic E-state index is 0.179. The van der Waals surface area contributed by atoms with Crippen molar-refractivity contribution >= 4 is 0 Å². The Morgan fingerprint density at radius 3 is 2.94 bits per heavy atom. The zero-order valence-corrected chi connectivity index (χ0v) is 9.40. The van der Waals surface area contributed by atoms with Crippen LogP contribution in [0.5, 0.6) is 0 Å². The molecule has 88 valence electrons. The molecule has 0 amide bonds. The van der Waals surface area contributed by atoms with Gasteiger partial charge in [0.15, 0.2) is 0 Å². The largest absolute Gasteiger partial charge is 0.337 e. The van der Waals surface area contributed by atoms with Crippen LogP contribution in [0.3, 0.4) is 0 Å². The van der Waals surface area contributed by atoms with Crippen molar-refractivity contribution in [3.05, 3.63) is 35.5 Å². The van der Waals surface area contributed by atoms with Gasteiger partial charge in [-0.05, 0) is 43.7 Å². The van der Waals surface area contributed by atoms with E-state index in [2.05, 4.69) is 15.5 Å². The summed E-state index contributed by atoms with van der Waals surface area (Å²) in [5.41, 5.74) is 1.36. The first-order valence-corrected chi connectivity index (χ1v) is 5.57. The van der Waals surface area contributed by atoms with E-state index in [0.717, 1.165) is 18.5 Å². The van der Waals surface area contributed by atoms with E-state index in [4.69, 9.17) is 4.52 Å². The first kappa shape index (κ1) is 10.4. The highest BCUT2D eigenvalue weighted by Gasteiger charge is 2.24. The van der Waals surface area contributed by atoms with Crippen molar-refractivity contribution in [1.29, 1.82) is 0 Å². The van der Waals surface area contributed by atoms with Crippen LogP contribution in [-0.4, -0.2) is 16.7 Å². The van der Waals surface area contributed by atoms with Crippen LogP contribution in [0.2, 0.25) is 0 Å². The van der Waals surface area contributed by atoms with Crippen LogP contribution in [0.4, 0.5) is 4.39 Å². The lowest BCUT2D eigenvalue weighted by Gasteiger charge is -2.23. The van der Waals surface area contributed by atoms with Crippen LogP contribution >= 0.6 is 0 Å². The summed E-state index contributed by atoms with van der Waals surface area (Å²) in [7, 11) is 0. The van der Waals surface area contributed by atoms with Crippen molar-refractivity contribution < 1.29 is 8.91 Å². The molecule has 1 aliphatic rings. The number of nitrogens with zero attached hydrogens (tertiary/aromatic N) is 2. The Labute approximate surface area is 97.8 Å². The average molecular weight is 233 g/mol. The lowest BCUT2D eigenvalue weighted by Crippen LogP contribution is -2.35. The Morgan fingerprint density at radius 2 is 2.29 bits per heavy atom. The third-order valence-corrected chi connectivity index (χ3v) is 2.98. The highest BCUT2D eigenvalue weighted by atomic mass is 19.1. The van der Waals surface area contributed by atoms with E-state index in [1.165, 1.54) is 6.07 Å². The number of aryl methyl sites for hydroxylation is 1. The molecule has 1 aromatic heterocycles. The van der Waals surface area contributed by atoms with Gasteiger partial charge in [0.05, 0.1) is 6.04 Å². The molecular formula is C12H12FN3O. The maximum Gasteiger partial charge on any atom is 0.244 e. The molecule has 1 saturated heterocycles. The number of aromatic nitrogens is 2. The van der Waals surface area contributed by atoms with Crippen LogP contribution in [0.15, 0.2) is 22.7 Å². The summed E-state index contributed by atoms with van der Waals surface area (Å²) in [5.74, 6) is 0.892. The Hall–Kier alpha value is -1.75. The van der Waals surface area contributed by atoms with E-state index in [0.29, 0.717) is 17.3 Å². The smallest absolute Gasteiger partial charge is 0.244 e. The second-order valence-electron chi connectivity index (χ2n) is 4.22. The second-order valence-corrected chi connectivity index (χ2v) is 4.22. The predicted molar refractivity (Wildman–Crippen MR) is 59.8 cm³/mol. The van der Waals surface area contributed by atoms with Gasteiger partial charge in [-0.25, -0.2) is 4.39 Å². The van der Waals surface area contributed by atoms with E-state index in [9.17, 15) is 4.39 Å². The molecule has 0 aliphatic carbocycles. The SMILES string of the molecule is Cc1cc(-c2noc([C@H]3CCN3)n2)ccc1F. The molecule has 0 unspecified atom stereocenters. The number of nitrogens with one attached hydrogen (secondary N) is 1. The summed E-state index contributed by atoms with van der Waals surface area (Å²) in [6.45, 7) is 2.70. The quantitative estimate of drug-likeness (QED) is 0.864. The van der Waals surface area contributed by atoms with Gasteiger partial charge in [0.25, 0.3) is 0 Å². The van der Waals surface area contributed by atoms with Crippen molar-refractivity contribution in [1.82, 2.24) is 15.5 Å². The molecule has 1 aromatic carbocycles. The minimum atomic E-state index is -0.224. The fourth-order valence-electron chi connectivity index (χ4n) is 1.78. The molecule has 2 heterocycles. The van der Waals surface area contributed by atoms with Gasteiger partial charge in [0, 0.05) is 5.56 Å². The van der Waals surface area contributed by atoms with E-state index in [1.54, 1.807) is 19.1 Å². The maximum absolute atomic E-state index is 13.1. The van der Waals surface area contributed by atoms with Crippen molar-refractivity contribution in [2.45, 2.75) is 19.4 Å². The Morgan fingerprint density at radius 1 is 1.47 bits per heavy atom. The summed E-state index contributed by atoms with van der Waals surface area (Å²) in [5, 5.41) is 7.10. The number of rotatable bonds is 2. The highest BCUT2D eigenvalue weighted by molar-refractivity contribution is 5.55. The molecule has 0 bridgehead atoms. The van der Waals surface area contributed by atoms with Gasteiger partial charge in [-0.2, -0.15) is 4.98 Å². The van der Waals surface area contributed by atoms with E-state index >= 15 is 0 Å². The third kappa shape index (κ3) is 1.82. The molecule has 5 heteroatoms. The zero-order valence-electron chi connectivity index (χ0n) is 9.40. The Balaban J connectivity index is 1.92. The topological polar surface area (TPSA) is 51.0 Å². The van der Waals surface area contributed by atoms with E-state index < -0.39 is 0 Å². The Kier molecular flexibility index (Phi) is 2.40. The van der Waals surface area contributed by atoms with Crippen LogP contribution in [0, 0.1) is 12.7 Å². The molecule has 0 radical (unpaired) electrons. The molecule has 3 rings (SSSR count). The highest BCUT2D eigenvalue weighted by Crippen LogP contribution is 2.24. The number of hydrogen-bond acceptors (Lipinski definition) is 4. The molecule has 1 fully saturated rings. The lowest BCUT2D eigenvalue weighted by atomic mass is 10.1. The maximum atomic E-state index is 13.1. The van der Waals surface area contributed by atoms with Crippen molar-refractivity contribution in [2.75, 3.05) is 6.54 Å². The first-order valence-electron chi connectivity index (χ1n) is 5.57. The minimum Gasteiger partial charge on any atom is -0.337 e. The standard InChI is InChI=1S/C12H12FN3O/c1-7-6-8(2-3-9(7)13)11-15-12(17-16-11)10-4-5-14-10/h2-3,6,10,14H,4-5H2,1H3/t10-/m1/s1. The van der Waals surface area contributed by atoms with Crippen LogP contribution < -0.4 is 5.32 Å². The molecular weight excluding hydrogens is 221 g/mol. The van der Waals surface area contributed by atoms with Gasteiger partial charge in [-0.15, -0.1) is 0 Å². The van der Waals surface area contributed by atoms with Gasteiger partial charge in [0.1, 0.15) is 5.82 Å². The van der Waals surface area contributed by atoms with Crippen LogP contribution in [0.1, 0.15) is 23.9 Å². The molecule has 0 spiro atoms. The van der Waals surface area contributed by atoms with Crippen LogP contribution in [0.25, 0.3) is 11.4 Å². The van der Waals surface area contributed by atoms with Gasteiger partial charge in [0.2, 0.25) is 11.7 Å². The average Bonchev–Trinajstić information content (AvgIpc) is 2.69. The van der Waals surface area contributed by atoms with Crippen molar-refractivity contribution in [3.8, 4) is 11.4 Å². The van der Waals surface area contributed by atoms with Crippen molar-refractivity contribution in [3.63, 3.8) is 0 Å². The first-order chi connectivity index (χ1) is 8.24.